The summed E-state index contributed by atoms with van der Waals surface area (Å²) in [6.45, 7) is 5.27. The van der Waals surface area contributed by atoms with Crippen molar-refractivity contribution in [2.45, 2.75) is 39.3 Å². The quantitative estimate of drug-likeness (QED) is 0.639. The minimum atomic E-state index is -0.772. The van der Waals surface area contributed by atoms with Crippen molar-refractivity contribution >= 4 is 24.3 Å². The number of ether oxygens (including phenoxy) is 1. The molecule has 1 aromatic rings. The summed E-state index contributed by atoms with van der Waals surface area (Å²) in [7, 11) is 0. The summed E-state index contributed by atoms with van der Waals surface area (Å²) in [5, 5.41) is 12.1. The number of rotatable bonds is 9. The summed E-state index contributed by atoms with van der Waals surface area (Å²) in [5.74, 6) is -1.21. The van der Waals surface area contributed by atoms with Crippen LogP contribution in [0.5, 0.6) is 0 Å². The zero-order valence-corrected chi connectivity index (χ0v) is 16.1. The lowest BCUT2D eigenvalue weighted by molar-refractivity contribution is -0.144. The molecule has 2 rings (SSSR count). The van der Waals surface area contributed by atoms with Gasteiger partial charge in [-0.25, -0.2) is 0 Å². The van der Waals surface area contributed by atoms with Crippen molar-refractivity contribution in [1.29, 1.82) is 0 Å². The van der Waals surface area contributed by atoms with E-state index in [1.54, 1.807) is 0 Å². The second-order valence-corrected chi connectivity index (χ2v) is 6.51. The van der Waals surface area contributed by atoms with Gasteiger partial charge in [0, 0.05) is 19.7 Å². The van der Waals surface area contributed by atoms with Crippen LogP contribution >= 0.6 is 12.4 Å². The topological polar surface area (TPSA) is 78.9 Å². The Hall–Kier alpha value is -1.63. The molecule has 1 aliphatic rings. The van der Waals surface area contributed by atoms with E-state index in [0.717, 1.165) is 37.1 Å². The first-order valence-corrected chi connectivity index (χ1v) is 8.96. The third kappa shape index (κ3) is 7.32. The maximum Gasteiger partial charge on any atom is 0.307 e. The van der Waals surface area contributed by atoms with E-state index in [-0.39, 0.29) is 30.8 Å². The van der Waals surface area contributed by atoms with E-state index in [2.05, 4.69) is 12.2 Å². The van der Waals surface area contributed by atoms with E-state index in [1.807, 2.05) is 29.2 Å². The summed E-state index contributed by atoms with van der Waals surface area (Å²) in [6.07, 6.45) is 2.49. The molecule has 1 fully saturated rings. The number of hydrogen-bond donors (Lipinski definition) is 2. The molecule has 1 amide bonds. The van der Waals surface area contributed by atoms with Gasteiger partial charge in [0.15, 0.2) is 0 Å². The Balaban J connectivity index is 0.00000338. The summed E-state index contributed by atoms with van der Waals surface area (Å²) < 4.78 is 5.60. The highest BCUT2D eigenvalue weighted by Gasteiger charge is 2.26. The van der Waals surface area contributed by atoms with Crippen LogP contribution in [-0.2, 0) is 27.5 Å². The Morgan fingerprint density at radius 2 is 2.04 bits per heavy atom. The molecule has 0 radical (unpaired) electrons. The van der Waals surface area contributed by atoms with Crippen LogP contribution in [0.25, 0.3) is 0 Å². The van der Waals surface area contributed by atoms with Gasteiger partial charge in [0.25, 0.3) is 0 Å². The van der Waals surface area contributed by atoms with Crippen LogP contribution < -0.4 is 5.32 Å². The molecule has 1 atom stereocenters. The monoisotopic (exact) mass is 384 g/mol. The number of aliphatic carboxylic acids is 1. The van der Waals surface area contributed by atoms with Gasteiger partial charge >= 0.3 is 5.97 Å². The van der Waals surface area contributed by atoms with Gasteiger partial charge in [0.2, 0.25) is 5.91 Å². The molecule has 0 spiro atoms. The molecule has 146 valence electrons. The lowest BCUT2D eigenvalue weighted by Gasteiger charge is -2.29. The van der Waals surface area contributed by atoms with E-state index in [9.17, 15) is 9.59 Å². The highest BCUT2D eigenvalue weighted by Crippen LogP contribution is 2.16. The molecule has 6 nitrogen and oxygen atoms in total. The van der Waals surface area contributed by atoms with E-state index in [1.165, 1.54) is 0 Å². The largest absolute Gasteiger partial charge is 0.481 e. The fourth-order valence-corrected chi connectivity index (χ4v) is 3.05. The third-order valence-corrected chi connectivity index (χ3v) is 4.42. The highest BCUT2D eigenvalue weighted by molar-refractivity contribution is 5.85. The number of carboxylic acid groups (broad SMARTS) is 1. The van der Waals surface area contributed by atoms with Gasteiger partial charge < -0.3 is 15.2 Å². The molecule has 2 N–H and O–H groups in total. The highest BCUT2D eigenvalue weighted by atomic mass is 35.5. The lowest BCUT2D eigenvalue weighted by Crippen LogP contribution is -2.44. The maximum absolute atomic E-state index is 12.2. The van der Waals surface area contributed by atoms with Crippen molar-refractivity contribution < 1.29 is 19.4 Å². The average Bonchev–Trinajstić information content (AvgIpc) is 2.61. The van der Waals surface area contributed by atoms with Gasteiger partial charge in [0.1, 0.15) is 0 Å². The first kappa shape index (κ1) is 22.4. The number of amides is 1. The molecule has 0 saturated carbocycles. The van der Waals surface area contributed by atoms with Crippen molar-refractivity contribution in [1.82, 2.24) is 10.2 Å². The fourth-order valence-electron chi connectivity index (χ4n) is 3.05. The molecule has 0 aliphatic carbocycles. The Labute approximate surface area is 161 Å². The van der Waals surface area contributed by atoms with Gasteiger partial charge in [0.05, 0.1) is 19.1 Å². The predicted molar refractivity (Wildman–Crippen MR) is 102 cm³/mol. The lowest BCUT2D eigenvalue weighted by atomic mass is 9.98. The fraction of sp³-hybridized carbons (Fsp3) is 0.579. The van der Waals surface area contributed by atoms with Crippen LogP contribution in [0.4, 0.5) is 0 Å². The number of piperidine rings is 1. The van der Waals surface area contributed by atoms with E-state index < -0.39 is 5.97 Å². The Morgan fingerprint density at radius 1 is 1.31 bits per heavy atom. The van der Waals surface area contributed by atoms with Gasteiger partial charge in [-0.2, -0.15) is 0 Å². The standard InChI is InChI=1S/C19H28N2O4.ClH/c1-2-10-25-14-17-7-4-3-6-15(17)11-20-18(22)13-21-9-5-8-16(12-21)19(23)24;/h3-4,6-7,16H,2,5,8-14H2,1H3,(H,20,22)(H,23,24);1H. The number of carbonyl (C=O) groups excluding carboxylic acids is 1. The summed E-state index contributed by atoms with van der Waals surface area (Å²) >= 11 is 0. The van der Waals surface area contributed by atoms with Crippen LogP contribution in [0, 0.1) is 5.92 Å². The molecule has 1 unspecified atom stereocenters. The average molecular weight is 385 g/mol. The number of nitrogens with one attached hydrogen (secondary N) is 1. The normalized spacial score (nSPS) is 17.3. The van der Waals surface area contributed by atoms with Crippen molar-refractivity contribution in [3.05, 3.63) is 35.4 Å². The molecule has 7 heteroatoms. The van der Waals surface area contributed by atoms with Crippen molar-refractivity contribution in [3.63, 3.8) is 0 Å². The number of carboxylic acids is 1. The minimum absolute atomic E-state index is 0. The molecule has 1 aromatic carbocycles. The number of hydrogen-bond acceptors (Lipinski definition) is 4. The third-order valence-electron chi connectivity index (χ3n) is 4.42. The number of likely N-dealkylation sites (tertiary alicyclic amines) is 1. The van der Waals surface area contributed by atoms with Crippen LogP contribution in [0.15, 0.2) is 24.3 Å². The molecule has 1 aliphatic heterocycles. The first-order chi connectivity index (χ1) is 12.1. The zero-order chi connectivity index (χ0) is 18.1. The Morgan fingerprint density at radius 3 is 2.73 bits per heavy atom. The molecule has 1 heterocycles. The Bertz CT molecular complexity index is 582. The second kappa shape index (κ2) is 11.9. The number of carbonyl (C=O) groups is 2. The van der Waals surface area contributed by atoms with Gasteiger partial charge in [-0.3, -0.25) is 14.5 Å². The predicted octanol–water partition coefficient (Wildman–Crippen LogP) is 2.45. The van der Waals surface area contributed by atoms with Crippen molar-refractivity contribution in [2.75, 3.05) is 26.2 Å². The van der Waals surface area contributed by atoms with Crippen molar-refractivity contribution in [2.24, 2.45) is 5.92 Å². The van der Waals surface area contributed by atoms with Gasteiger partial charge in [-0.15, -0.1) is 12.4 Å². The van der Waals surface area contributed by atoms with Crippen LogP contribution in [0.3, 0.4) is 0 Å². The molecular formula is C19H29ClN2O4. The van der Waals surface area contributed by atoms with Crippen LogP contribution in [0.1, 0.15) is 37.3 Å². The molecule has 0 bridgehead atoms. The summed E-state index contributed by atoms with van der Waals surface area (Å²) in [4.78, 5) is 25.2. The van der Waals surface area contributed by atoms with Gasteiger partial charge in [-0.05, 0) is 36.9 Å². The Kier molecular flexibility index (Phi) is 10.2. The summed E-state index contributed by atoms with van der Waals surface area (Å²) in [6, 6.07) is 7.92. The second-order valence-electron chi connectivity index (χ2n) is 6.51. The van der Waals surface area contributed by atoms with Crippen LogP contribution in [0.2, 0.25) is 0 Å². The number of halogens is 1. The van der Waals surface area contributed by atoms with E-state index >= 15 is 0 Å². The molecule has 1 saturated heterocycles. The first-order valence-electron chi connectivity index (χ1n) is 8.96. The van der Waals surface area contributed by atoms with Gasteiger partial charge in [-0.1, -0.05) is 31.2 Å². The molecule has 26 heavy (non-hydrogen) atoms. The number of benzene rings is 1. The van der Waals surface area contributed by atoms with E-state index in [4.69, 9.17) is 9.84 Å². The number of nitrogens with zero attached hydrogens (tertiary/aromatic N) is 1. The van der Waals surface area contributed by atoms with E-state index in [0.29, 0.717) is 26.1 Å². The SMILES string of the molecule is CCCOCc1ccccc1CNC(=O)CN1CCCC(C(=O)O)C1.Cl. The maximum atomic E-state index is 12.2. The summed E-state index contributed by atoms with van der Waals surface area (Å²) in [5.41, 5.74) is 2.13. The zero-order valence-electron chi connectivity index (χ0n) is 15.3. The molecule has 0 aromatic heterocycles. The molecular weight excluding hydrogens is 356 g/mol. The van der Waals surface area contributed by atoms with Crippen LogP contribution in [-0.4, -0.2) is 48.1 Å². The van der Waals surface area contributed by atoms with Crippen molar-refractivity contribution in [3.8, 4) is 0 Å². The minimum Gasteiger partial charge on any atom is -0.481 e. The smallest absolute Gasteiger partial charge is 0.307 e.